The summed E-state index contributed by atoms with van der Waals surface area (Å²) in [4.78, 5) is 2.40. The van der Waals surface area contributed by atoms with E-state index >= 15 is 0 Å². The van der Waals surface area contributed by atoms with Gasteiger partial charge in [-0.2, -0.15) is 0 Å². The topological polar surface area (TPSA) is 29.3 Å². The molecule has 1 fully saturated rings. The number of piperidine rings is 1. The summed E-state index contributed by atoms with van der Waals surface area (Å²) in [7, 11) is 0. The monoisotopic (exact) mass is 250 g/mol. The zero-order valence-electron chi connectivity index (χ0n) is 11.1. The second-order valence-corrected chi connectivity index (χ2v) is 5.18. The standard InChI is InChI=1S/C15H23FN2/c1-2-15(13-7-3-4-8-14(13)16)18-9-5-6-12(10-17)11-18/h3-4,7-8,12,15H,2,5-6,9-11,17H2,1H3. The molecule has 2 atom stereocenters. The van der Waals surface area contributed by atoms with Gasteiger partial charge in [-0.05, 0) is 44.3 Å². The number of benzene rings is 1. The summed E-state index contributed by atoms with van der Waals surface area (Å²) >= 11 is 0. The van der Waals surface area contributed by atoms with Gasteiger partial charge in [0.2, 0.25) is 0 Å². The molecule has 1 aromatic carbocycles. The smallest absolute Gasteiger partial charge is 0.127 e. The van der Waals surface area contributed by atoms with E-state index in [9.17, 15) is 4.39 Å². The Balaban J connectivity index is 2.15. The van der Waals surface area contributed by atoms with Gasteiger partial charge in [0.15, 0.2) is 0 Å². The first kappa shape index (κ1) is 13.5. The van der Waals surface area contributed by atoms with E-state index in [1.54, 1.807) is 12.1 Å². The maximum atomic E-state index is 13.9. The van der Waals surface area contributed by atoms with Crippen LogP contribution >= 0.6 is 0 Å². The number of nitrogens with zero attached hydrogens (tertiary/aromatic N) is 1. The number of likely N-dealkylation sites (tertiary alicyclic amines) is 1. The number of halogens is 1. The van der Waals surface area contributed by atoms with E-state index in [1.807, 2.05) is 12.1 Å². The van der Waals surface area contributed by atoms with E-state index < -0.39 is 0 Å². The maximum absolute atomic E-state index is 13.9. The Morgan fingerprint density at radius 2 is 2.22 bits per heavy atom. The highest BCUT2D eigenvalue weighted by molar-refractivity contribution is 5.21. The molecule has 2 rings (SSSR count). The Labute approximate surface area is 109 Å². The van der Waals surface area contributed by atoms with Crippen LogP contribution in [0, 0.1) is 11.7 Å². The van der Waals surface area contributed by atoms with Crippen LogP contribution in [0.25, 0.3) is 0 Å². The van der Waals surface area contributed by atoms with Crippen LogP contribution in [0.2, 0.25) is 0 Å². The molecule has 1 aromatic rings. The zero-order chi connectivity index (χ0) is 13.0. The summed E-state index contributed by atoms with van der Waals surface area (Å²) in [5.74, 6) is 0.485. The Bertz CT molecular complexity index is 381. The van der Waals surface area contributed by atoms with Crippen molar-refractivity contribution in [3.05, 3.63) is 35.6 Å². The lowest BCUT2D eigenvalue weighted by Gasteiger charge is -2.38. The highest BCUT2D eigenvalue weighted by atomic mass is 19.1. The fourth-order valence-corrected chi connectivity index (χ4v) is 2.99. The van der Waals surface area contributed by atoms with E-state index in [2.05, 4.69) is 11.8 Å². The minimum Gasteiger partial charge on any atom is -0.330 e. The molecule has 0 aliphatic carbocycles. The zero-order valence-corrected chi connectivity index (χ0v) is 11.1. The largest absolute Gasteiger partial charge is 0.330 e. The first-order valence-corrected chi connectivity index (χ1v) is 6.94. The molecule has 0 radical (unpaired) electrons. The van der Waals surface area contributed by atoms with Gasteiger partial charge in [-0.25, -0.2) is 4.39 Å². The molecule has 0 spiro atoms. The summed E-state index contributed by atoms with van der Waals surface area (Å²) in [5, 5.41) is 0. The summed E-state index contributed by atoms with van der Waals surface area (Å²) in [6.45, 7) is 4.93. The number of rotatable bonds is 4. The average Bonchev–Trinajstić information content (AvgIpc) is 2.42. The van der Waals surface area contributed by atoms with Crippen LogP contribution in [-0.4, -0.2) is 24.5 Å². The van der Waals surface area contributed by atoms with Gasteiger partial charge in [0.25, 0.3) is 0 Å². The van der Waals surface area contributed by atoms with Crippen LogP contribution in [0.1, 0.15) is 37.8 Å². The van der Waals surface area contributed by atoms with Crippen molar-refractivity contribution >= 4 is 0 Å². The predicted molar refractivity (Wildman–Crippen MR) is 72.8 cm³/mol. The van der Waals surface area contributed by atoms with Crippen molar-refractivity contribution in [2.75, 3.05) is 19.6 Å². The molecule has 1 saturated heterocycles. The normalized spacial score (nSPS) is 22.9. The van der Waals surface area contributed by atoms with Gasteiger partial charge < -0.3 is 5.73 Å². The molecular weight excluding hydrogens is 227 g/mol. The molecule has 1 aliphatic heterocycles. The minimum atomic E-state index is -0.0841. The molecule has 3 heteroatoms. The molecule has 0 bridgehead atoms. The third-order valence-electron chi connectivity index (χ3n) is 3.98. The van der Waals surface area contributed by atoms with Crippen molar-refractivity contribution < 1.29 is 4.39 Å². The van der Waals surface area contributed by atoms with Crippen LogP contribution in [0.4, 0.5) is 4.39 Å². The molecule has 100 valence electrons. The van der Waals surface area contributed by atoms with Crippen LogP contribution in [0.15, 0.2) is 24.3 Å². The number of hydrogen-bond acceptors (Lipinski definition) is 2. The van der Waals surface area contributed by atoms with Gasteiger partial charge >= 0.3 is 0 Å². The van der Waals surface area contributed by atoms with Crippen molar-refractivity contribution in [2.45, 2.75) is 32.2 Å². The first-order chi connectivity index (χ1) is 8.76. The van der Waals surface area contributed by atoms with Gasteiger partial charge in [-0.3, -0.25) is 4.90 Å². The lowest BCUT2D eigenvalue weighted by atomic mass is 9.94. The first-order valence-electron chi connectivity index (χ1n) is 6.94. The summed E-state index contributed by atoms with van der Waals surface area (Å²) in [5.41, 5.74) is 6.61. The molecule has 18 heavy (non-hydrogen) atoms. The van der Waals surface area contributed by atoms with Crippen molar-refractivity contribution in [3.8, 4) is 0 Å². The predicted octanol–water partition coefficient (Wildman–Crippen LogP) is 2.95. The molecule has 2 nitrogen and oxygen atoms in total. The Hall–Kier alpha value is -0.930. The Morgan fingerprint density at radius 1 is 1.44 bits per heavy atom. The van der Waals surface area contributed by atoms with Gasteiger partial charge in [-0.15, -0.1) is 0 Å². The second kappa shape index (κ2) is 6.30. The van der Waals surface area contributed by atoms with Crippen molar-refractivity contribution in [2.24, 2.45) is 11.7 Å². The van der Waals surface area contributed by atoms with Crippen molar-refractivity contribution in [3.63, 3.8) is 0 Å². The SMILES string of the molecule is CCC(c1ccccc1F)N1CCCC(CN)C1. The molecule has 1 aliphatic rings. The molecular formula is C15H23FN2. The molecule has 0 saturated carbocycles. The summed E-state index contributed by atoms with van der Waals surface area (Å²) in [6, 6.07) is 7.34. The number of hydrogen-bond donors (Lipinski definition) is 1. The number of nitrogens with two attached hydrogens (primary N) is 1. The molecule has 2 unspecified atom stereocenters. The van der Waals surface area contributed by atoms with Crippen LogP contribution < -0.4 is 5.73 Å². The highest BCUT2D eigenvalue weighted by Gasteiger charge is 2.26. The minimum absolute atomic E-state index is 0.0841. The van der Waals surface area contributed by atoms with Gasteiger partial charge in [0.05, 0.1) is 0 Å². The van der Waals surface area contributed by atoms with Crippen LogP contribution in [0.3, 0.4) is 0 Å². The fourth-order valence-electron chi connectivity index (χ4n) is 2.99. The Morgan fingerprint density at radius 3 is 2.89 bits per heavy atom. The van der Waals surface area contributed by atoms with Gasteiger partial charge in [0.1, 0.15) is 5.82 Å². The van der Waals surface area contributed by atoms with Crippen LogP contribution in [-0.2, 0) is 0 Å². The lowest BCUT2D eigenvalue weighted by molar-refractivity contribution is 0.120. The van der Waals surface area contributed by atoms with Crippen LogP contribution in [0.5, 0.6) is 0 Å². The van der Waals surface area contributed by atoms with E-state index in [0.29, 0.717) is 5.92 Å². The quantitative estimate of drug-likeness (QED) is 0.890. The van der Waals surface area contributed by atoms with E-state index in [-0.39, 0.29) is 11.9 Å². The summed E-state index contributed by atoms with van der Waals surface area (Å²) in [6.07, 6.45) is 3.33. The van der Waals surface area contributed by atoms with E-state index in [4.69, 9.17) is 5.73 Å². The van der Waals surface area contributed by atoms with Crippen molar-refractivity contribution in [1.82, 2.24) is 4.90 Å². The van der Waals surface area contributed by atoms with E-state index in [0.717, 1.165) is 31.6 Å². The third kappa shape index (κ3) is 2.90. The maximum Gasteiger partial charge on any atom is 0.127 e. The van der Waals surface area contributed by atoms with E-state index in [1.165, 1.54) is 12.8 Å². The van der Waals surface area contributed by atoms with Crippen molar-refractivity contribution in [1.29, 1.82) is 0 Å². The summed E-state index contributed by atoms with van der Waals surface area (Å²) < 4.78 is 13.9. The second-order valence-electron chi connectivity index (χ2n) is 5.18. The van der Waals surface area contributed by atoms with Gasteiger partial charge in [0, 0.05) is 18.2 Å². The molecule has 1 heterocycles. The van der Waals surface area contributed by atoms with Gasteiger partial charge in [-0.1, -0.05) is 25.1 Å². The third-order valence-corrected chi connectivity index (χ3v) is 3.98. The Kier molecular flexibility index (Phi) is 4.72. The highest BCUT2D eigenvalue weighted by Crippen LogP contribution is 2.30. The molecule has 0 amide bonds. The molecule has 0 aromatic heterocycles. The lowest BCUT2D eigenvalue weighted by Crippen LogP contribution is -2.40. The fraction of sp³-hybridized carbons (Fsp3) is 0.600. The average molecular weight is 250 g/mol. The molecule has 2 N–H and O–H groups in total.